The number of rotatable bonds is 5. The fraction of sp³-hybridized carbons (Fsp3) is 0.833. The molecule has 0 aliphatic rings. The lowest BCUT2D eigenvalue weighted by Crippen LogP contribution is -2.29. The summed E-state index contributed by atoms with van der Waals surface area (Å²) in [5.74, 6) is -1.36. The van der Waals surface area contributed by atoms with Gasteiger partial charge in [0.2, 0.25) is 0 Å². The van der Waals surface area contributed by atoms with Crippen LogP contribution in [-0.2, 0) is 4.79 Å². The highest BCUT2D eigenvalue weighted by Gasteiger charge is 2.09. The van der Waals surface area contributed by atoms with E-state index in [1.54, 1.807) is 0 Å². The van der Waals surface area contributed by atoms with Gasteiger partial charge in [0.1, 0.15) is 6.04 Å². The number of hydrogen-bond donors (Lipinski definition) is 3. The zero-order valence-electron chi connectivity index (χ0n) is 9.50. The molecule has 0 fully saturated rings. The SMILES string of the molecule is [2H]C([2H])(CN)C([2H])([2H])C[C@@H](N)C(=O)O. The topological polar surface area (TPSA) is 89.3 Å². The summed E-state index contributed by atoms with van der Waals surface area (Å²) in [5, 5.41) is 8.44. The highest BCUT2D eigenvalue weighted by molar-refractivity contribution is 5.72. The molecule has 1 atom stereocenters. The average molecular weight is 150 g/mol. The first-order valence-electron chi connectivity index (χ1n) is 4.82. The second-order valence-corrected chi connectivity index (χ2v) is 1.71. The molecule has 0 heterocycles. The van der Waals surface area contributed by atoms with Crippen LogP contribution in [0.25, 0.3) is 0 Å². The average Bonchev–Trinajstić information content (AvgIpc) is 2.03. The number of carbonyl (C=O) groups is 1. The molecular formula is C6H14N2O2. The summed E-state index contributed by atoms with van der Waals surface area (Å²) < 4.78 is 29.1. The Morgan fingerprint density at radius 1 is 1.70 bits per heavy atom. The van der Waals surface area contributed by atoms with E-state index < -0.39 is 37.7 Å². The van der Waals surface area contributed by atoms with Crippen molar-refractivity contribution in [2.75, 3.05) is 6.54 Å². The van der Waals surface area contributed by atoms with Crippen molar-refractivity contribution in [3.05, 3.63) is 0 Å². The van der Waals surface area contributed by atoms with Gasteiger partial charge < -0.3 is 16.6 Å². The zero-order chi connectivity index (χ0) is 11.6. The molecule has 4 heteroatoms. The van der Waals surface area contributed by atoms with Gasteiger partial charge in [0.05, 0.1) is 0 Å². The molecule has 4 nitrogen and oxygen atoms in total. The van der Waals surface area contributed by atoms with E-state index in [-0.39, 0.29) is 0 Å². The van der Waals surface area contributed by atoms with Gasteiger partial charge in [0.25, 0.3) is 0 Å². The number of aliphatic carboxylic acids is 1. The predicted octanol–water partition coefficient (Wildman–Crippen LogP) is -0.473. The third-order valence-electron chi connectivity index (χ3n) is 0.866. The Labute approximate surface area is 65.8 Å². The molecule has 0 rings (SSSR count). The zero-order valence-corrected chi connectivity index (χ0v) is 5.50. The maximum absolute atomic E-state index is 10.3. The lowest BCUT2D eigenvalue weighted by molar-refractivity contribution is -0.138. The van der Waals surface area contributed by atoms with Crippen LogP contribution in [0.15, 0.2) is 0 Å². The van der Waals surface area contributed by atoms with E-state index >= 15 is 0 Å². The maximum atomic E-state index is 10.3. The maximum Gasteiger partial charge on any atom is 0.320 e. The van der Waals surface area contributed by atoms with Gasteiger partial charge in [-0.1, -0.05) is 6.37 Å². The molecular weight excluding hydrogens is 132 g/mol. The van der Waals surface area contributed by atoms with Crippen LogP contribution in [0, 0.1) is 0 Å². The number of hydrogen-bond acceptors (Lipinski definition) is 3. The Hall–Kier alpha value is -0.610. The second-order valence-electron chi connectivity index (χ2n) is 1.71. The summed E-state index contributed by atoms with van der Waals surface area (Å²) in [4.78, 5) is 10.3. The molecule has 0 aliphatic carbocycles. The van der Waals surface area contributed by atoms with E-state index in [4.69, 9.17) is 22.1 Å². The van der Waals surface area contributed by atoms with Crippen molar-refractivity contribution in [3.8, 4) is 0 Å². The lowest BCUT2D eigenvalue weighted by Gasteiger charge is -2.03. The fourth-order valence-electron chi connectivity index (χ4n) is 0.342. The van der Waals surface area contributed by atoms with E-state index in [0.717, 1.165) is 0 Å². The smallest absolute Gasteiger partial charge is 0.320 e. The molecule has 0 aromatic carbocycles. The van der Waals surface area contributed by atoms with Crippen molar-refractivity contribution < 1.29 is 15.4 Å². The molecule has 0 aromatic rings. The van der Waals surface area contributed by atoms with Crippen molar-refractivity contribution in [1.82, 2.24) is 0 Å². The number of carboxylic acid groups (broad SMARTS) is 1. The number of nitrogens with two attached hydrogens (primary N) is 2. The summed E-state index contributed by atoms with van der Waals surface area (Å²) in [6, 6.07) is -1.42. The van der Waals surface area contributed by atoms with Crippen molar-refractivity contribution >= 4 is 5.97 Å². The van der Waals surface area contributed by atoms with Gasteiger partial charge in [-0.25, -0.2) is 0 Å². The summed E-state index contributed by atoms with van der Waals surface area (Å²) >= 11 is 0. The minimum absolute atomic E-state index is 0.521. The predicted molar refractivity (Wildman–Crippen MR) is 38.5 cm³/mol. The van der Waals surface area contributed by atoms with Gasteiger partial charge in [-0.2, -0.15) is 0 Å². The quantitative estimate of drug-likeness (QED) is 0.494. The minimum atomic E-state index is -2.35. The standard InChI is InChI=1S/C6H14N2O2/c7-4-2-1-3-5(8)6(9)10/h5H,1-4,7-8H2,(H,9,10)/t5-/m1/s1/i1D2,2D2. The first-order chi connectivity index (χ1) is 6.14. The molecule has 0 bridgehead atoms. The third-order valence-corrected chi connectivity index (χ3v) is 0.866. The first-order valence-corrected chi connectivity index (χ1v) is 2.82. The van der Waals surface area contributed by atoms with Crippen LogP contribution in [0.3, 0.4) is 0 Å². The van der Waals surface area contributed by atoms with Crippen LogP contribution in [0.1, 0.15) is 24.6 Å². The summed E-state index contributed by atoms with van der Waals surface area (Å²) in [6.07, 6.45) is -5.23. The van der Waals surface area contributed by atoms with Crippen molar-refractivity contribution in [3.63, 3.8) is 0 Å². The molecule has 0 aliphatic heterocycles. The molecule has 0 spiro atoms. The van der Waals surface area contributed by atoms with E-state index in [1.807, 2.05) is 0 Å². The molecule has 0 aromatic heterocycles. The van der Waals surface area contributed by atoms with Gasteiger partial charge in [-0.05, 0) is 19.3 Å². The number of carboxylic acids is 1. The van der Waals surface area contributed by atoms with E-state index in [2.05, 4.69) is 0 Å². The third kappa shape index (κ3) is 4.29. The molecule has 60 valence electrons. The van der Waals surface area contributed by atoms with E-state index in [9.17, 15) is 4.79 Å². The molecule has 0 radical (unpaired) electrons. The molecule has 5 N–H and O–H groups in total. The molecule has 0 unspecified atom stereocenters. The van der Waals surface area contributed by atoms with Crippen LogP contribution >= 0.6 is 0 Å². The minimum Gasteiger partial charge on any atom is -0.480 e. The first kappa shape index (κ1) is 4.31. The summed E-state index contributed by atoms with van der Waals surface area (Å²) in [7, 11) is 0. The Morgan fingerprint density at radius 3 is 2.70 bits per heavy atom. The van der Waals surface area contributed by atoms with Gasteiger partial charge in [-0.15, -0.1) is 0 Å². The van der Waals surface area contributed by atoms with Gasteiger partial charge in [0, 0.05) is 5.48 Å². The van der Waals surface area contributed by atoms with E-state index in [0.29, 0.717) is 0 Å². The van der Waals surface area contributed by atoms with E-state index in [1.165, 1.54) is 0 Å². The van der Waals surface area contributed by atoms with Crippen LogP contribution in [-0.4, -0.2) is 23.7 Å². The normalized spacial score (nSPS) is 21.8. The van der Waals surface area contributed by atoms with Gasteiger partial charge in [0.15, 0.2) is 0 Å². The van der Waals surface area contributed by atoms with Crippen LogP contribution < -0.4 is 11.5 Å². The van der Waals surface area contributed by atoms with Crippen molar-refractivity contribution in [1.29, 1.82) is 0 Å². The Bertz CT molecular complexity index is 222. The molecule has 10 heavy (non-hydrogen) atoms. The highest BCUT2D eigenvalue weighted by atomic mass is 16.4. The summed E-state index contributed by atoms with van der Waals surface area (Å²) in [6.45, 7) is -0.521. The molecule has 0 saturated carbocycles. The van der Waals surface area contributed by atoms with Crippen molar-refractivity contribution in [2.24, 2.45) is 11.5 Å². The van der Waals surface area contributed by atoms with Gasteiger partial charge >= 0.3 is 5.97 Å². The second kappa shape index (κ2) is 5.20. The molecule has 0 saturated heterocycles. The van der Waals surface area contributed by atoms with Crippen LogP contribution in [0.2, 0.25) is 0 Å². The Kier molecular flexibility index (Phi) is 2.24. The van der Waals surface area contributed by atoms with Gasteiger partial charge in [-0.3, -0.25) is 4.79 Å². The van der Waals surface area contributed by atoms with Crippen LogP contribution in [0.4, 0.5) is 0 Å². The fourth-order valence-corrected chi connectivity index (χ4v) is 0.342. The van der Waals surface area contributed by atoms with Crippen molar-refractivity contribution in [2.45, 2.75) is 25.2 Å². The highest BCUT2D eigenvalue weighted by Crippen LogP contribution is 1.96. The summed E-state index contributed by atoms with van der Waals surface area (Å²) in [5.41, 5.74) is 10.1. The largest absolute Gasteiger partial charge is 0.480 e. The Morgan fingerprint density at radius 2 is 2.30 bits per heavy atom. The Balaban J connectivity index is 4.56. The molecule has 0 amide bonds. The lowest BCUT2D eigenvalue weighted by atomic mass is 10.1. The monoisotopic (exact) mass is 150 g/mol. The van der Waals surface area contributed by atoms with Crippen LogP contribution in [0.5, 0.6) is 0 Å².